The Kier molecular flexibility index (Phi) is 6.03. The topological polar surface area (TPSA) is 74.1 Å². The first kappa shape index (κ1) is 18.8. The number of thioether (sulfide) groups is 1. The molecule has 0 radical (unpaired) electrons. The van der Waals surface area contributed by atoms with Crippen molar-refractivity contribution < 1.29 is 14.3 Å². The molecule has 1 heterocycles. The largest absolute Gasteiger partial charge is 0.497 e. The van der Waals surface area contributed by atoms with Crippen LogP contribution in [-0.2, 0) is 11.3 Å². The van der Waals surface area contributed by atoms with Crippen molar-refractivity contribution in [3.8, 4) is 17.1 Å². The SMILES string of the molecule is COc1ccc(C(=O)CSc2nnc(-c3ccccc3)n2CC(C)=O)cc1. The number of ether oxygens (including phenoxy) is 1. The van der Waals surface area contributed by atoms with Crippen molar-refractivity contribution in [2.24, 2.45) is 0 Å². The quantitative estimate of drug-likeness (QED) is 0.439. The van der Waals surface area contributed by atoms with Gasteiger partial charge < -0.3 is 4.74 Å². The molecular formula is C20H19N3O3S. The van der Waals surface area contributed by atoms with Crippen molar-refractivity contribution >= 4 is 23.3 Å². The maximum Gasteiger partial charge on any atom is 0.192 e. The molecule has 0 aliphatic carbocycles. The lowest BCUT2D eigenvalue weighted by Crippen LogP contribution is -2.10. The van der Waals surface area contributed by atoms with E-state index in [-0.39, 0.29) is 23.9 Å². The summed E-state index contributed by atoms with van der Waals surface area (Å²) in [6, 6.07) is 16.5. The molecule has 0 spiro atoms. The molecule has 6 nitrogen and oxygen atoms in total. The second-order valence-corrected chi connectivity index (χ2v) is 6.84. The van der Waals surface area contributed by atoms with Gasteiger partial charge >= 0.3 is 0 Å². The maximum atomic E-state index is 12.4. The van der Waals surface area contributed by atoms with Gasteiger partial charge in [-0.2, -0.15) is 0 Å². The van der Waals surface area contributed by atoms with Crippen molar-refractivity contribution in [3.05, 3.63) is 60.2 Å². The van der Waals surface area contributed by atoms with Crippen LogP contribution in [0, 0.1) is 0 Å². The fourth-order valence-electron chi connectivity index (χ4n) is 2.55. The van der Waals surface area contributed by atoms with Crippen LogP contribution in [0.4, 0.5) is 0 Å². The van der Waals surface area contributed by atoms with Crippen molar-refractivity contribution in [2.45, 2.75) is 18.6 Å². The van der Waals surface area contributed by atoms with E-state index < -0.39 is 0 Å². The van der Waals surface area contributed by atoms with Gasteiger partial charge in [-0.05, 0) is 31.2 Å². The third-order valence-corrected chi connectivity index (χ3v) is 4.84. The van der Waals surface area contributed by atoms with Crippen LogP contribution in [0.5, 0.6) is 5.75 Å². The first-order valence-electron chi connectivity index (χ1n) is 8.36. The first-order valence-corrected chi connectivity index (χ1v) is 9.35. The van der Waals surface area contributed by atoms with Crippen LogP contribution in [0.1, 0.15) is 17.3 Å². The molecule has 2 aromatic carbocycles. The highest BCUT2D eigenvalue weighted by Crippen LogP contribution is 2.25. The summed E-state index contributed by atoms with van der Waals surface area (Å²) in [5.74, 6) is 1.49. The van der Waals surface area contributed by atoms with Gasteiger partial charge in [0.25, 0.3) is 0 Å². The molecule has 0 aliphatic heterocycles. The number of aromatic nitrogens is 3. The standard InChI is InChI=1S/C20H19N3O3S/c1-14(24)12-23-19(16-6-4-3-5-7-16)21-22-20(23)27-13-18(25)15-8-10-17(26-2)11-9-15/h3-11H,12-13H2,1-2H3. The number of Topliss-reactive ketones (excluding diaryl/α,β-unsaturated/α-hetero) is 2. The number of carbonyl (C=O) groups excluding carboxylic acids is 2. The molecule has 0 saturated carbocycles. The molecule has 0 N–H and O–H groups in total. The molecule has 3 rings (SSSR count). The molecule has 0 fully saturated rings. The third kappa shape index (κ3) is 4.62. The second kappa shape index (κ2) is 8.64. The van der Waals surface area contributed by atoms with Crippen LogP contribution in [0.25, 0.3) is 11.4 Å². The minimum Gasteiger partial charge on any atom is -0.497 e. The van der Waals surface area contributed by atoms with Crippen molar-refractivity contribution in [1.29, 1.82) is 0 Å². The number of hydrogen-bond acceptors (Lipinski definition) is 6. The zero-order chi connectivity index (χ0) is 19.2. The van der Waals surface area contributed by atoms with E-state index in [4.69, 9.17) is 4.74 Å². The lowest BCUT2D eigenvalue weighted by atomic mass is 10.1. The molecule has 1 aromatic heterocycles. The fourth-order valence-corrected chi connectivity index (χ4v) is 3.38. The summed E-state index contributed by atoms with van der Waals surface area (Å²) in [6.45, 7) is 1.68. The smallest absolute Gasteiger partial charge is 0.192 e. The molecule has 0 atom stereocenters. The lowest BCUT2D eigenvalue weighted by Gasteiger charge is -2.08. The Morgan fingerprint density at radius 3 is 2.37 bits per heavy atom. The van der Waals surface area contributed by atoms with E-state index in [9.17, 15) is 9.59 Å². The van der Waals surface area contributed by atoms with Gasteiger partial charge in [-0.1, -0.05) is 42.1 Å². The highest BCUT2D eigenvalue weighted by atomic mass is 32.2. The third-order valence-electron chi connectivity index (χ3n) is 3.87. The van der Waals surface area contributed by atoms with Gasteiger partial charge in [-0.3, -0.25) is 14.2 Å². The van der Waals surface area contributed by atoms with E-state index in [1.807, 2.05) is 30.3 Å². The maximum absolute atomic E-state index is 12.4. The zero-order valence-electron chi connectivity index (χ0n) is 15.1. The molecule has 3 aromatic rings. The summed E-state index contributed by atoms with van der Waals surface area (Å²) in [6.07, 6.45) is 0. The summed E-state index contributed by atoms with van der Waals surface area (Å²) in [5, 5.41) is 8.96. The van der Waals surface area contributed by atoms with Gasteiger partial charge in [0.15, 0.2) is 16.8 Å². The van der Waals surface area contributed by atoms with E-state index in [0.717, 1.165) is 5.56 Å². The summed E-state index contributed by atoms with van der Waals surface area (Å²) in [5.41, 5.74) is 1.48. The zero-order valence-corrected chi connectivity index (χ0v) is 15.9. The Bertz CT molecular complexity index is 937. The molecule has 0 amide bonds. The second-order valence-electron chi connectivity index (χ2n) is 5.90. The summed E-state index contributed by atoms with van der Waals surface area (Å²) in [7, 11) is 1.58. The van der Waals surface area contributed by atoms with Crippen LogP contribution in [-0.4, -0.2) is 39.2 Å². The van der Waals surface area contributed by atoms with Gasteiger partial charge in [0.1, 0.15) is 11.5 Å². The summed E-state index contributed by atoms with van der Waals surface area (Å²) < 4.78 is 6.86. The van der Waals surface area contributed by atoms with E-state index >= 15 is 0 Å². The van der Waals surface area contributed by atoms with Gasteiger partial charge in [-0.15, -0.1) is 10.2 Å². The van der Waals surface area contributed by atoms with Gasteiger partial charge in [0, 0.05) is 11.1 Å². The Morgan fingerprint density at radius 1 is 1.04 bits per heavy atom. The Labute approximate surface area is 161 Å². The predicted octanol–water partition coefficient (Wildman–Crippen LogP) is 3.52. The van der Waals surface area contributed by atoms with Crippen LogP contribution < -0.4 is 4.74 Å². The van der Waals surface area contributed by atoms with Gasteiger partial charge in [-0.25, -0.2) is 0 Å². The lowest BCUT2D eigenvalue weighted by molar-refractivity contribution is -0.117. The van der Waals surface area contributed by atoms with Gasteiger partial charge in [0.05, 0.1) is 19.4 Å². The predicted molar refractivity (Wildman–Crippen MR) is 104 cm³/mol. The molecule has 0 aliphatic rings. The fraction of sp³-hybridized carbons (Fsp3) is 0.200. The van der Waals surface area contributed by atoms with E-state index in [0.29, 0.717) is 22.3 Å². The average molecular weight is 381 g/mol. The number of hydrogen-bond donors (Lipinski definition) is 0. The monoisotopic (exact) mass is 381 g/mol. The minimum absolute atomic E-state index is 0.00434. The van der Waals surface area contributed by atoms with Crippen molar-refractivity contribution in [3.63, 3.8) is 0 Å². The number of rotatable bonds is 8. The van der Waals surface area contributed by atoms with Crippen LogP contribution in [0.2, 0.25) is 0 Å². The van der Waals surface area contributed by atoms with Crippen molar-refractivity contribution in [2.75, 3.05) is 12.9 Å². The number of methoxy groups -OCH3 is 1. The highest BCUT2D eigenvalue weighted by molar-refractivity contribution is 7.99. The Morgan fingerprint density at radius 2 is 1.74 bits per heavy atom. The number of nitrogens with zero attached hydrogens (tertiary/aromatic N) is 3. The molecule has 27 heavy (non-hydrogen) atoms. The summed E-state index contributed by atoms with van der Waals surface area (Å²) in [4.78, 5) is 24.1. The number of carbonyl (C=O) groups is 2. The average Bonchev–Trinajstić information content (AvgIpc) is 3.08. The van der Waals surface area contributed by atoms with Crippen LogP contribution in [0.3, 0.4) is 0 Å². The highest BCUT2D eigenvalue weighted by Gasteiger charge is 2.17. The molecule has 0 saturated heterocycles. The number of benzene rings is 2. The molecular weight excluding hydrogens is 362 g/mol. The molecule has 7 heteroatoms. The van der Waals surface area contributed by atoms with Crippen LogP contribution in [0.15, 0.2) is 59.8 Å². The minimum atomic E-state index is -0.0266. The molecule has 138 valence electrons. The van der Waals surface area contributed by atoms with Gasteiger partial charge in [0.2, 0.25) is 0 Å². The normalized spacial score (nSPS) is 10.6. The number of ketones is 2. The molecule has 0 bridgehead atoms. The van der Waals surface area contributed by atoms with Crippen LogP contribution >= 0.6 is 11.8 Å². The Balaban J connectivity index is 1.78. The van der Waals surface area contributed by atoms with Crippen molar-refractivity contribution in [1.82, 2.24) is 14.8 Å². The van der Waals surface area contributed by atoms with E-state index in [2.05, 4.69) is 10.2 Å². The van der Waals surface area contributed by atoms with E-state index in [1.54, 1.807) is 35.9 Å². The van der Waals surface area contributed by atoms with E-state index in [1.165, 1.54) is 18.7 Å². The Hall–Kier alpha value is -2.93. The first-order chi connectivity index (χ1) is 13.1. The molecule has 0 unspecified atom stereocenters. The summed E-state index contributed by atoms with van der Waals surface area (Å²) >= 11 is 1.27.